The van der Waals surface area contributed by atoms with Crippen molar-refractivity contribution in [2.24, 2.45) is 0 Å². The molecule has 0 atom stereocenters. The Hall–Kier alpha value is -0.760. The quantitative estimate of drug-likeness (QED) is 0.638. The Kier molecular flexibility index (Phi) is 5.38. The fourth-order valence-electron chi connectivity index (χ4n) is 1.28. The molecule has 0 aliphatic carbocycles. The molecule has 0 bridgehead atoms. The van der Waals surface area contributed by atoms with Gasteiger partial charge in [-0.15, -0.1) is 0 Å². The minimum atomic E-state index is 0.785. The molecule has 1 radical (unpaired) electrons. The SMILES string of the molecule is CCCCCCOc1ccccc1[S]. The van der Waals surface area contributed by atoms with Crippen molar-refractivity contribution in [1.82, 2.24) is 0 Å². The molecule has 0 aliphatic rings. The first-order valence-electron chi connectivity index (χ1n) is 5.23. The molecule has 0 saturated heterocycles. The third-order valence-corrected chi connectivity index (χ3v) is 2.44. The smallest absolute Gasteiger partial charge is 0.137 e. The van der Waals surface area contributed by atoms with Crippen LogP contribution in [0.25, 0.3) is 0 Å². The van der Waals surface area contributed by atoms with Gasteiger partial charge in [0.25, 0.3) is 0 Å². The van der Waals surface area contributed by atoms with Crippen LogP contribution in [0.3, 0.4) is 0 Å². The van der Waals surface area contributed by atoms with Crippen LogP contribution in [-0.4, -0.2) is 6.61 Å². The molecule has 2 heteroatoms. The second-order valence-electron chi connectivity index (χ2n) is 3.36. The summed E-state index contributed by atoms with van der Waals surface area (Å²) >= 11 is 5.13. The van der Waals surface area contributed by atoms with E-state index < -0.39 is 0 Å². The van der Waals surface area contributed by atoms with Gasteiger partial charge in [0.2, 0.25) is 0 Å². The van der Waals surface area contributed by atoms with Crippen LogP contribution >= 0.6 is 12.6 Å². The molecule has 14 heavy (non-hydrogen) atoms. The molecule has 0 saturated carbocycles. The van der Waals surface area contributed by atoms with E-state index in [-0.39, 0.29) is 0 Å². The molecule has 0 fully saturated rings. The van der Waals surface area contributed by atoms with E-state index in [1.54, 1.807) is 0 Å². The van der Waals surface area contributed by atoms with Gasteiger partial charge in [-0.1, -0.05) is 50.9 Å². The molecule has 0 unspecified atom stereocenters. The Balaban J connectivity index is 2.21. The molecule has 0 spiro atoms. The highest BCUT2D eigenvalue weighted by Gasteiger charge is 1.98. The van der Waals surface area contributed by atoms with Crippen LogP contribution in [-0.2, 0) is 0 Å². The van der Waals surface area contributed by atoms with Gasteiger partial charge in [0.05, 0.1) is 11.5 Å². The van der Waals surface area contributed by atoms with Crippen molar-refractivity contribution in [3.8, 4) is 5.75 Å². The summed E-state index contributed by atoms with van der Waals surface area (Å²) in [6, 6.07) is 7.72. The highest BCUT2D eigenvalue weighted by atomic mass is 32.1. The zero-order valence-corrected chi connectivity index (χ0v) is 9.48. The Labute approximate surface area is 91.9 Å². The summed E-state index contributed by atoms with van der Waals surface area (Å²) in [4.78, 5) is 0.808. The van der Waals surface area contributed by atoms with Crippen LogP contribution in [0.4, 0.5) is 0 Å². The second kappa shape index (κ2) is 6.66. The summed E-state index contributed by atoms with van der Waals surface area (Å²) in [5.74, 6) is 0.846. The van der Waals surface area contributed by atoms with Gasteiger partial charge in [0.15, 0.2) is 0 Å². The lowest BCUT2D eigenvalue weighted by molar-refractivity contribution is 0.298. The molecular weight excluding hydrogens is 192 g/mol. The van der Waals surface area contributed by atoms with E-state index in [0.717, 1.165) is 23.7 Å². The average molecular weight is 209 g/mol. The number of hydrogen-bond acceptors (Lipinski definition) is 1. The molecular formula is C12H17OS. The number of ether oxygens (including phenoxy) is 1. The zero-order valence-electron chi connectivity index (χ0n) is 8.66. The van der Waals surface area contributed by atoms with Crippen LogP contribution in [0.2, 0.25) is 0 Å². The molecule has 77 valence electrons. The van der Waals surface area contributed by atoms with Crippen molar-refractivity contribution in [3.05, 3.63) is 24.3 Å². The Bertz CT molecular complexity index is 260. The maximum absolute atomic E-state index is 5.58. The molecule has 1 nitrogen and oxygen atoms in total. The lowest BCUT2D eigenvalue weighted by atomic mass is 10.2. The van der Waals surface area contributed by atoms with Crippen LogP contribution in [0.5, 0.6) is 5.75 Å². The van der Waals surface area contributed by atoms with E-state index >= 15 is 0 Å². The van der Waals surface area contributed by atoms with Gasteiger partial charge in [0, 0.05) is 0 Å². The van der Waals surface area contributed by atoms with E-state index in [4.69, 9.17) is 17.4 Å². The summed E-state index contributed by atoms with van der Waals surface area (Å²) in [6.45, 7) is 2.99. The summed E-state index contributed by atoms with van der Waals surface area (Å²) in [5, 5.41) is 0. The summed E-state index contributed by atoms with van der Waals surface area (Å²) < 4.78 is 5.58. The highest BCUT2D eigenvalue weighted by Crippen LogP contribution is 2.21. The molecule has 0 heterocycles. The summed E-state index contributed by atoms with van der Waals surface area (Å²) in [7, 11) is 0. The Morgan fingerprint density at radius 3 is 2.64 bits per heavy atom. The molecule has 0 amide bonds. The predicted octanol–water partition coefficient (Wildman–Crippen LogP) is 4.20. The molecule has 0 aliphatic heterocycles. The maximum atomic E-state index is 5.58. The highest BCUT2D eigenvalue weighted by molar-refractivity contribution is 7.80. The van der Waals surface area contributed by atoms with Crippen LogP contribution in [0.1, 0.15) is 32.6 Å². The first-order chi connectivity index (χ1) is 6.84. The lowest BCUT2D eigenvalue weighted by Gasteiger charge is -2.06. The number of rotatable bonds is 6. The van der Waals surface area contributed by atoms with E-state index in [1.165, 1.54) is 19.3 Å². The number of hydrogen-bond donors (Lipinski definition) is 0. The molecule has 1 rings (SSSR count). The van der Waals surface area contributed by atoms with Gasteiger partial charge in [-0.2, -0.15) is 0 Å². The lowest BCUT2D eigenvalue weighted by Crippen LogP contribution is -1.97. The second-order valence-corrected chi connectivity index (χ2v) is 3.80. The minimum absolute atomic E-state index is 0.785. The number of para-hydroxylation sites is 1. The fraction of sp³-hybridized carbons (Fsp3) is 0.500. The number of benzene rings is 1. The molecule has 1 aromatic carbocycles. The maximum Gasteiger partial charge on any atom is 0.137 e. The van der Waals surface area contributed by atoms with Crippen molar-refractivity contribution >= 4 is 12.6 Å². The molecule has 1 aromatic rings. The van der Waals surface area contributed by atoms with Crippen molar-refractivity contribution in [2.45, 2.75) is 37.5 Å². The van der Waals surface area contributed by atoms with Gasteiger partial charge >= 0.3 is 0 Å². The zero-order chi connectivity index (χ0) is 10.2. The van der Waals surface area contributed by atoms with Crippen LogP contribution < -0.4 is 4.74 Å². The van der Waals surface area contributed by atoms with Crippen molar-refractivity contribution in [1.29, 1.82) is 0 Å². The van der Waals surface area contributed by atoms with Crippen LogP contribution in [0.15, 0.2) is 29.2 Å². The minimum Gasteiger partial charge on any atom is -0.492 e. The molecule has 0 N–H and O–H groups in total. The van der Waals surface area contributed by atoms with Gasteiger partial charge in [0.1, 0.15) is 5.75 Å². The van der Waals surface area contributed by atoms with Gasteiger partial charge in [-0.25, -0.2) is 0 Å². The average Bonchev–Trinajstić information content (AvgIpc) is 2.20. The van der Waals surface area contributed by atoms with Crippen molar-refractivity contribution in [2.75, 3.05) is 6.61 Å². The number of unbranched alkanes of at least 4 members (excludes halogenated alkanes) is 3. The van der Waals surface area contributed by atoms with Gasteiger partial charge < -0.3 is 4.74 Å². The summed E-state index contributed by atoms with van der Waals surface area (Å²) in [6.07, 6.45) is 4.92. The molecule has 0 aromatic heterocycles. The van der Waals surface area contributed by atoms with Crippen molar-refractivity contribution in [3.63, 3.8) is 0 Å². The third kappa shape index (κ3) is 3.97. The van der Waals surface area contributed by atoms with Gasteiger partial charge in [-0.05, 0) is 18.6 Å². The summed E-state index contributed by atoms with van der Waals surface area (Å²) in [5.41, 5.74) is 0. The van der Waals surface area contributed by atoms with E-state index in [9.17, 15) is 0 Å². The first kappa shape index (κ1) is 11.3. The van der Waals surface area contributed by atoms with Crippen LogP contribution in [0, 0.1) is 0 Å². The predicted molar refractivity (Wildman–Crippen MR) is 61.9 cm³/mol. The van der Waals surface area contributed by atoms with Crippen molar-refractivity contribution < 1.29 is 4.74 Å². The van der Waals surface area contributed by atoms with E-state index in [2.05, 4.69) is 6.92 Å². The Morgan fingerprint density at radius 2 is 1.93 bits per heavy atom. The third-order valence-electron chi connectivity index (χ3n) is 2.10. The van der Waals surface area contributed by atoms with Gasteiger partial charge in [-0.3, -0.25) is 0 Å². The topological polar surface area (TPSA) is 9.23 Å². The normalized spacial score (nSPS) is 10.1. The monoisotopic (exact) mass is 209 g/mol. The first-order valence-corrected chi connectivity index (χ1v) is 5.64. The Morgan fingerprint density at radius 1 is 1.14 bits per heavy atom. The largest absolute Gasteiger partial charge is 0.492 e. The van der Waals surface area contributed by atoms with E-state index in [1.807, 2.05) is 24.3 Å². The standard InChI is InChI=1S/C12H17OS/c1-2-3-4-7-10-13-11-8-5-6-9-12(11)14/h5-6,8-9H,2-4,7,10H2,1H3. The fourth-order valence-corrected chi connectivity index (χ4v) is 1.49. The van der Waals surface area contributed by atoms with E-state index in [0.29, 0.717) is 0 Å².